The van der Waals surface area contributed by atoms with Crippen LogP contribution >= 0.6 is 0 Å². The van der Waals surface area contributed by atoms with Crippen LogP contribution in [0.4, 0.5) is 4.79 Å². The Hall–Kier alpha value is -2.38. The van der Waals surface area contributed by atoms with E-state index in [1.165, 1.54) is 31.3 Å². The van der Waals surface area contributed by atoms with Gasteiger partial charge in [-0.1, -0.05) is 60.6 Å². The molecule has 1 saturated heterocycles. The molecule has 5 saturated carbocycles. The zero-order chi connectivity index (χ0) is 38.9. The van der Waals surface area contributed by atoms with Gasteiger partial charge in [0.05, 0.1) is 6.42 Å². The number of allylic oxidation sites excluding steroid dienone is 1. The van der Waals surface area contributed by atoms with Gasteiger partial charge in [0.1, 0.15) is 12.4 Å². The SMILES string of the molecule is C=C(C)[C@@H]1CC[C@]2(CC(=O)N3CCN(C(=O)NC(C)C)CC3)CC[C@]3(C)[C@H](CC[C@@H]4[C@@]5(C)CC[C@H](OC(=O)CC(C)(C)C=O)C(C)(C)[C@@H]5CC[C@]43C)[C@@H]12. The van der Waals surface area contributed by atoms with E-state index in [9.17, 15) is 19.2 Å². The van der Waals surface area contributed by atoms with Gasteiger partial charge in [-0.25, -0.2) is 4.79 Å². The summed E-state index contributed by atoms with van der Waals surface area (Å²) in [7, 11) is 0. The van der Waals surface area contributed by atoms with Gasteiger partial charge >= 0.3 is 12.0 Å². The molecule has 0 aromatic rings. The predicted octanol–water partition coefficient (Wildman–Crippen LogP) is 8.82. The third-order valence-corrected chi connectivity index (χ3v) is 17.2. The number of hydrogen-bond donors (Lipinski definition) is 1. The quantitative estimate of drug-likeness (QED) is 0.153. The summed E-state index contributed by atoms with van der Waals surface area (Å²) in [6.45, 7) is 29.4. The van der Waals surface area contributed by atoms with Crippen LogP contribution in [0.2, 0.25) is 0 Å². The first-order valence-electron chi connectivity index (χ1n) is 21.3. The number of piperazine rings is 1. The molecule has 8 nitrogen and oxygen atoms in total. The second-order valence-electron chi connectivity index (χ2n) is 21.3. The maximum Gasteiger partial charge on any atom is 0.317 e. The maximum atomic E-state index is 14.2. The molecule has 0 aromatic heterocycles. The number of rotatable bonds is 8. The topological polar surface area (TPSA) is 96.0 Å². The lowest BCUT2D eigenvalue weighted by Gasteiger charge is -2.73. The Morgan fingerprint density at radius 3 is 2.13 bits per heavy atom. The van der Waals surface area contributed by atoms with Crippen molar-refractivity contribution in [3.05, 3.63) is 12.2 Å². The molecule has 0 radical (unpaired) electrons. The van der Waals surface area contributed by atoms with Crippen LogP contribution in [-0.4, -0.2) is 72.3 Å². The molecule has 53 heavy (non-hydrogen) atoms. The molecule has 1 heterocycles. The molecule has 1 aliphatic heterocycles. The summed E-state index contributed by atoms with van der Waals surface area (Å²) in [6.07, 6.45) is 12.8. The average Bonchev–Trinajstić information content (AvgIpc) is 3.45. The number of urea groups is 1. The van der Waals surface area contributed by atoms with Gasteiger partial charge in [0.15, 0.2) is 0 Å². The number of nitrogens with zero attached hydrogens (tertiary/aromatic N) is 2. The first kappa shape index (κ1) is 40.3. The van der Waals surface area contributed by atoms with Gasteiger partial charge in [0.2, 0.25) is 5.91 Å². The van der Waals surface area contributed by atoms with E-state index in [1.807, 2.05) is 23.6 Å². The van der Waals surface area contributed by atoms with Crippen LogP contribution in [0.1, 0.15) is 146 Å². The van der Waals surface area contributed by atoms with Crippen molar-refractivity contribution in [1.82, 2.24) is 15.1 Å². The Morgan fingerprint density at radius 1 is 0.849 bits per heavy atom. The number of nitrogens with one attached hydrogen (secondary N) is 1. The normalized spacial score (nSPS) is 40.7. The van der Waals surface area contributed by atoms with Crippen molar-refractivity contribution in [3.63, 3.8) is 0 Å². The summed E-state index contributed by atoms with van der Waals surface area (Å²) in [5.74, 6) is 2.61. The third kappa shape index (κ3) is 6.70. The van der Waals surface area contributed by atoms with E-state index in [2.05, 4.69) is 53.4 Å². The number of fused-ring (bicyclic) bond motifs is 7. The Kier molecular flexibility index (Phi) is 10.6. The van der Waals surface area contributed by atoms with Crippen molar-refractivity contribution >= 4 is 24.2 Å². The summed E-state index contributed by atoms with van der Waals surface area (Å²) >= 11 is 0. The van der Waals surface area contributed by atoms with Gasteiger partial charge < -0.3 is 24.6 Å². The first-order chi connectivity index (χ1) is 24.6. The highest BCUT2D eigenvalue weighted by molar-refractivity contribution is 5.78. The molecule has 8 heteroatoms. The molecule has 0 aromatic carbocycles. The van der Waals surface area contributed by atoms with Crippen LogP contribution in [0, 0.1) is 62.1 Å². The summed E-state index contributed by atoms with van der Waals surface area (Å²) in [6, 6.07) is 0.0700. The molecule has 5 aliphatic carbocycles. The van der Waals surface area contributed by atoms with Crippen molar-refractivity contribution in [3.8, 4) is 0 Å². The van der Waals surface area contributed by atoms with Gasteiger partial charge in [-0.2, -0.15) is 0 Å². The summed E-state index contributed by atoms with van der Waals surface area (Å²) < 4.78 is 6.25. The largest absolute Gasteiger partial charge is 0.462 e. The molecule has 6 aliphatic rings. The second kappa shape index (κ2) is 14.0. The summed E-state index contributed by atoms with van der Waals surface area (Å²) in [5.41, 5.74) is 1.01. The zero-order valence-corrected chi connectivity index (χ0v) is 35.1. The van der Waals surface area contributed by atoms with E-state index in [0.29, 0.717) is 62.2 Å². The Balaban J connectivity index is 1.20. The number of ether oxygens (including phenoxy) is 1. The van der Waals surface area contributed by atoms with Crippen LogP contribution in [0.5, 0.6) is 0 Å². The smallest absolute Gasteiger partial charge is 0.317 e. The standard InChI is InChI=1S/C45H73N3O5/c1-29(2)31-14-19-45(26-36(50)47-22-24-48(25-23-47)39(52)46-30(3)4)21-20-43(10)32(38(31)45)12-13-34-42(9)17-16-35(53-37(51)27-40(5,6)28-49)41(7,8)33(42)15-18-44(34,43)11/h28,30-35,38H,1,12-27H2,2-11H3,(H,46,52)/t31-,32+,33-,34+,35-,38+,42-,43+,44+,45+/m0/s1. The fourth-order valence-electron chi connectivity index (χ4n) is 14.3. The maximum absolute atomic E-state index is 14.2. The van der Waals surface area contributed by atoms with E-state index in [0.717, 1.165) is 44.8 Å². The molecule has 6 fully saturated rings. The second-order valence-corrected chi connectivity index (χ2v) is 21.3. The molecule has 298 valence electrons. The van der Waals surface area contributed by atoms with Crippen LogP contribution in [0.15, 0.2) is 12.2 Å². The van der Waals surface area contributed by atoms with E-state index >= 15 is 0 Å². The van der Waals surface area contributed by atoms with Crippen LogP contribution < -0.4 is 5.32 Å². The lowest BCUT2D eigenvalue weighted by molar-refractivity contribution is -0.250. The molecule has 0 bridgehead atoms. The van der Waals surface area contributed by atoms with E-state index in [4.69, 9.17) is 4.74 Å². The van der Waals surface area contributed by atoms with Crippen LogP contribution in [0.25, 0.3) is 0 Å². The number of carbonyl (C=O) groups excluding carboxylic acids is 4. The summed E-state index contributed by atoms with van der Waals surface area (Å²) in [4.78, 5) is 55.4. The van der Waals surface area contributed by atoms with Gasteiger partial charge in [0, 0.05) is 49.5 Å². The molecule has 10 atom stereocenters. The van der Waals surface area contributed by atoms with Crippen molar-refractivity contribution in [1.29, 1.82) is 0 Å². The van der Waals surface area contributed by atoms with E-state index in [1.54, 1.807) is 13.8 Å². The number of carbonyl (C=O) groups is 4. The van der Waals surface area contributed by atoms with Gasteiger partial charge in [-0.15, -0.1) is 0 Å². The number of amides is 3. The fraction of sp³-hybridized carbons (Fsp3) is 0.867. The first-order valence-corrected chi connectivity index (χ1v) is 21.3. The number of hydrogen-bond acceptors (Lipinski definition) is 5. The Bertz CT molecular complexity index is 1460. The Labute approximate surface area is 321 Å². The molecule has 6 rings (SSSR count). The highest BCUT2D eigenvalue weighted by Gasteiger charge is 2.71. The van der Waals surface area contributed by atoms with Crippen molar-refractivity contribution in [2.24, 2.45) is 62.1 Å². The minimum absolute atomic E-state index is 0.0175. The average molecular weight is 736 g/mol. The summed E-state index contributed by atoms with van der Waals surface area (Å²) in [5, 5.41) is 3.01. The van der Waals surface area contributed by atoms with Crippen molar-refractivity contribution in [2.75, 3.05) is 26.2 Å². The van der Waals surface area contributed by atoms with Gasteiger partial charge in [0.25, 0.3) is 0 Å². The highest BCUT2D eigenvalue weighted by Crippen LogP contribution is 2.78. The highest BCUT2D eigenvalue weighted by atomic mass is 16.5. The molecule has 1 N–H and O–H groups in total. The van der Waals surface area contributed by atoms with Gasteiger partial charge in [-0.05, 0) is 136 Å². The number of esters is 1. The zero-order valence-electron chi connectivity index (χ0n) is 35.1. The minimum atomic E-state index is -0.708. The van der Waals surface area contributed by atoms with Gasteiger partial charge in [-0.3, -0.25) is 9.59 Å². The molecular formula is C45H73N3O5. The van der Waals surface area contributed by atoms with Crippen LogP contribution in [0.3, 0.4) is 0 Å². The monoisotopic (exact) mass is 736 g/mol. The molecule has 0 spiro atoms. The van der Waals surface area contributed by atoms with Crippen molar-refractivity contribution in [2.45, 2.75) is 158 Å². The predicted molar refractivity (Wildman–Crippen MR) is 210 cm³/mol. The fourth-order valence-corrected chi connectivity index (χ4v) is 14.3. The van der Waals surface area contributed by atoms with E-state index in [-0.39, 0.29) is 63.5 Å². The molecular weight excluding hydrogens is 663 g/mol. The molecule has 3 amide bonds. The van der Waals surface area contributed by atoms with E-state index < -0.39 is 5.41 Å². The van der Waals surface area contributed by atoms with Crippen molar-refractivity contribution < 1.29 is 23.9 Å². The minimum Gasteiger partial charge on any atom is -0.462 e. The van der Waals surface area contributed by atoms with Crippen LogP contribution in [-0.2, 0) is 19.1 Å². The lowest BCUT2D eigenvalue weighted by Crippen LogP contribution is -2.67. The number of aldehydes is 1. The molecule has 0 unspecified atom stereocenters. The Morgan fingerprint density at radius 2 is 1.51 bits per heavy atom. The third-order valence-electron chi connectivity index (χ3n) is 17.2. The lowest BCUT2D eigenvalue weighted by atomic mass is 9.32.